The summed E-state index contributed by atoms with van der Waals surface area (Å²) in [6.07, 6.45) is 0.829. The summed E-state index contributed by atoms with van der Waals surface area (Å²) in [6, 6.07) is 0.478. The minimum absolute atomic E-state index is 0.0946. The molecule has 2 aliphatic rings. The van der Waals surface area contributed by atoms with E-state index in [4.69, 9.17) is 4.74 Å². The molecular weight excluding hydrogens is 218 g/mol. The summed E-state index contributed by atoms with van der Waals surface area (Å²) in [5, 5.41) is 3.36. The molecule has 98 valence electrons. The van der Waals surface area contributed by atoms with Gasteiger partial charge in [0, 0.05) is 44.3 Å². The van der Waals surface area contributed by atoms with Crippen LogP contribution in [0.15, 0.2) is 0 Å². The highest BCUT2D eigenvalue weighted by Crippen LogP contribution is 2.31. The Labute approximate surface area is 103 Å². The molecule has 0 aromatic rings. The van der Waals surface area contributed by atoms with Crippen molar-refractivity contribution in [3.63, 3.8) is 0 Å². The molecule has 1 unspecified atom stereocenters. The van der Waals surface area contributed by atoms with Gasteiger partial charge < -0.3 is 15.0 Å². The van der Waals surface area contributed by atoms with Crippen LogP contribution >= 0.6 is 0 Å². The Morgan fingerprint density at radius 3 is 2.59 bits per heavy atom. The zero-order valence-electron chi connectivity index (χ0n) is 11.0. The van der Waals surface area contributed by atoms with E-state index in [2.05, 4.69) is 24.1 Å². The molecule has 0 bridgehead atoms. The maximum atomic E-state index is 11.7. The number of piperazine rings is 1. The second-order valence-electron chi connectivity index (χ2n) is 5.54. The minimum atomic E-state index is -0.201. The molecule has 1 N–H and O–H groups in total. The molecule has 2 rings (SSSR count). The average Bonchev–Trinajstić information content (AvgIpc) is 2.65. The molecule has 1 amide bonds. The first-order valence-electron chi connectivity index (χ1n) is 6.35. The molecule has 5 heteroatoms. The van der Waals surface area contributed by atoms with Crippen molar-refractivity contribution in [3.8, 4) is 0 Å². The topological polar surface area (TPSA) is 44.8 Å². The molecule has 0 aliphatic carbocycles. The van der Waals surface area contributed by atoms with Gasteiger partial charge >= 0.3 is 6.09 Å². The molecule has 2 aliphatic heterocycles. The highest BCUT2D eigenvalue weighted by atomic mass is 16.5. The summed E-state index contributed by atoms with van der Waals surface area (Å²) in [7, 11) is 1.45. The first kappa shape index (κ1) is 12.6. The molecule has 2 saturated heterocycles. The van der Waals surface area contributed by atoms with Crippen LogP contribution < -0.4 is 5.32 Å². The zero-order chi connectivity index (χ0) is 12.5. The number of rotatable bonds is 1. The fraction of sp³-hybridized carbons (Fsp3) is 0.917. The molecule has 17 heavy (non-hydrogen) atoms. The summed E-state index contributed by atoms with van der Waals surface area (Å²) in [6.45, 7) is 9.29. The van der Waals surface area contributed by atoms with E-state index < -0.39 is 0 Å². The molecule has 1 atom stereocenters. The highest BCUT2D eigenvalue weighted by Gasteiger charge is 2.43. The molecule has 0 aromatic carbocycles. The van der Waals surface area contributed by atoms with E-state index in [0.29, 0.717) is 6.04 Å². The maximum absolute atomic E-state index is 11.7. The quantitative estimate of drug-likeness (QED) is 0.726. The molecular formula is C12H23N3O2. The van der Waals surface area contributed by atoms with Crippen molar-refractivity contribution in [3.05, 3.63) is 0 Å². The second-order valence-corrected chi connectivity index (χ2v) is 5.54. The SMILES string of the molecule is COC(=O)N1CC(N2CCNCC2)CC1(C)C. The summed E-state index contributed by atoms with van der Waals surface area (Å²) in [5.74, 6) is 0. The third-order valence-corrected chi connectivity index (χ3v) is 3.92. The second kappa shape index (κ2) is 4.82. The van der Waals surface area contributed by atoms with Gasteiger partial charge in [-0.2, -0.15) is 0 Å². The number of ether oxygens (including phenoxy) is 1. The molecule has 0 aromatic heterocycles. The van der Waals surface area contributed by atoms with E-state index in [1.165, 1.54) is 7.11 Å². The summed E-state index contributed by atoms with van der Waals surface area (Å²) < 4.78 is 4.86. The molecule has 2 heterocycles. The zero-order valence-corrected chi connectivity index (χ0v) is 11.0. The standard InChI is InChI=1S/C12H23N3O2/c1-12(2)8-10(9-15(12)11(16)17-3)14-6-4-13-5-7-14/h10,13H,4-9H2,1-3H3. The monoisotopic (exact) mass is 241 g/mol. The van der Waals surface area contributed by atoms with Gasteiger partial charge in [0.15, 0.2) is 0 Å². The molecule has 0 radical (unpaired) electrons. The summed E-state index contributed by atoms with van der Waals surface area (Å²) in [4.78, 5) is 16.1. The van der Waals surface area contributed by atoms with E-state index in [-0.39, 0.29) is 11.6 Å². The van der Waals surface area contributed by atoms with Crippen molar-refractivity contribution in [2.75, 3.05) is 39.8 Å². The van der Waals surface area contributed by atoms with Crippen molar-refractivity contribution in [1.82, 2.24) is 15.1 Å². The fourth-order valence-corrected chi connectivity index (χ4v) is 2.93. The first-order valence-corrected chi connectivity index (χ1v) is 6.35. The number of amides is 1. The van der Waals surface area contributed by atoms with Crippen molar-refractivity contribution in [1.29, 1.82) is 0 Å². The molecule has 0 saturated carbocycles. The Morgan fingerprint density at radius 1 is 1.35 bits per heavy atom. The van der Waals surface area contributed by atoms with Gasteiger partial charge in [-0.1, -0.05) is 0 Å². The number of hydrogen-bond donors (Lipinski definition) is 1. The number of carbonyl (C=O) groups excluding carboxylic acids is 1. The smallest absolute Gasteiger partial charge is 0.409 e. The Bertz CT molecular complexity index is 287. The van der Waals surface area contributed by atoms with Crippen LogP contribution in [0, 0.1) is 0 Å². The van der Waals surface area contributed by atoms with E-state index >= 15 is 0 Å². The van der Waals surface area contributed by atoms with Crippen LogP contribution in [0.4, 0.5) is 4.79 Å². The van der Waals surface area contributed by atoms with Crippen LogP contribution in [0.3, 0.4) is 0 Å². The molecule has 5 nitrogen and oxygen atoms in total. The van der Waals surface area contributed by atoms with Crippen LogP contribution in [0.25, 0.3) is 0 Å². The minimum Gasteiger partial charge on any atom is -0.453 e. The van der Waals surface area contributed by atoms with Crippen molar-refractivity contribution >= 4 is 6.09 Å². The van der Waals surface area contributed by atoms with Gasteiger partial charge in [0.1, 0.15) is 0 Å². The Balaban J connectivity index is 2.01. The predicted molar refractivity (Wildman–Crippen MR) is 66.0 cm³/mol. The lowest BCUT2D eigenvalue weighted by molar-refractivity contribution is 0.0968. The summed E-state index contributed by atoms with van der Waals surface area (Å²) in [5.41, 5.74) is -0.0946. The van der Waals surface area contributed by atoms with Crippen LogP contribution in [-0.4, -0.2) is 67.3 Å². The van der Waals surface area contributed by atoms with Crippen LogP contribution in [0.1, 0.15) is 20.3 Å². The maximum Gasteiger partial charge on any atom is 0.409 e. The number of methoxy groups -OCH3 is 1. The summed E-state index contributed by atoms with van der Waals surface area (Å²) >= 11 is 0. The largest absolute Gasteiger partial charge is 0.453 e. The third kappa shape index (κ3) is 2.55. The lowest BCUT2D eigenvalue weighted by atomic mass is 9.99. The highest BCUT2D eigenvalue weighted by molar-refractivity contribution is 5.69. The van der Waals surface area contributed by atoms with E-state index in [1.807, 2.05) is 4.90 Å². The normalized spacial score (nSPS) is 29.4. The van der Waals surface area contributed by atoms with Crippen LogP contribution in [0.2, 0.25) is 0 Å². The number of hydrogen-bond acceptors (Lipinski definition) is 4. The lowest BCUT2D eigenvalue weighted by Crippen LogP contribution is -2.49. The van der Waals surface area contributed by atoms with Gasteiger partial charge in [-0.15, -0.1) is 0 Å². The van der Waals surface area contributed by atoms with E-state index in [9.17, 15) is 4.79 Å². The van der Waals surface area contributed by atoms with E-state index in [0.717, 1.165) is 39.1 Å². The number of likely N-dealkylation sites (tertiary alicyclic amines) is 1. The van der Waals surface area contributed by atoms with Gasteiger partial charge in [-0.3, -0.25) is 4.90 Å². The number of nitrogens with zero attached hydrogens (tertiary/aromatic N) is 2. The first-order chi connectivity index (χ1) is 8.04. The fourth-order valence-electron chi connectivity index (χ4n) is 2.93. The lowest BCUT2D eigenvalue weighted by Gasteiger charge is -2.32. The Morgan fingerprint density at radius 2 is 2.00 bits per heavy atom. The van der Waals surface area contributed by atoms with Crippen molar-refractivity contribution in [2.45, 2.75) is 31.8 Å². The number of nitrogens with one attached hydrogen (secondary N) is 1. The molecule has 0 spiro atoms. The Hall–Kier alpha value is -0.810. The van der Waals surface area contributed by atoms with E-state index in [1.54, 1.807) is 0 Å². The van der Waals surface area contributed by atoms with Crippen molar-refractivity contribution in [2.24, 2.45) is 0 Å². The van der Waals surface area contributed by atoms with Gasteiger partial charge in [0.25, 0.3) is 0 Å². The van der Waals surface area contributed by atoms with Gasteiger partial charge in [-0.05, 0) is 20.3 Å². The van der Waals surface area contributed by atoms with Gasteiger partial charge in [-0.25, -0.2) is 4.79 Å². The molecule has 2 fully saturated rings. The Kier molecular flexibility index (Phi) is 3.58. The van der Waals surface area contributed by atoms with Gasteiger partial charge in [0.05, 0.1) is 7.11 Å². The van der Waals surface area contributed by atoms with Crippen LogP contribution in [0.5, 0.6) is 0 Å². The number of carbonyl (C=O) groups is 1. The third-order valence-electron chi connectivity index (χ3n) is 3.92. The van der Waals surface area contributed by atoms with Crippen molar-refractivity contribution < 1.29 is 9.53 Å². The van der Waals surface area contributed by atoms with Crippen LogP contribution in [-0.2, 0) is 4.74 Å². The predicted octanol–water partition coefficient (Wildman–Crippen LogP) is 0.511. The van der Waals surface area contributed by atoms with Gasteiger partial charge in [0.2, 0.25) is 0 Å². The average molecular weight is 241 g/mol.